The number of ether oxygens (including phenoxy) is 1. The van der Waals surface area contributed by atoms with E-state index >= 15 is 0 Å². The maximum Gasteiger partial charge on any atom is 0.318 e. The molecule has 0 radical (unpaired) electrons. The number of aliphatic carboxylic acids is 1. The zero-order valence-electron chi connectivity index (χ0n) is 10.4. The van der Waals surface area contributed by atoms with Crippen LogP contribution in [0.4, 0.5) is 0 Å². The monoisotopic (exact) mass is 276 g/mol. The lowest BCUT2D eigenvalue weighted by molar-refractivity contribution is -0.134. The van der Waals surface area contributed by atoms with E-state index in [0.29, 0.717) is 0 Å². The van der Waals surface area contributed by atoms with Gasteiger partial charge in [-0.15, -0.1) is 0 Å². The number of hydrogen-bond acceptors (Lipinski definition) is 4. The molecule has 0 amide bonds. The third-order valence-corrected chi connectivity index (χ3v) is 5.45. The molecule has 0 aromatic heterocycles. The fourth-order valence-electron chi connectivity index (χ4n) is 3.11. The largest absolute Gasteiger partial charge is 0.480 e. The van der Waals surface area contributed by atoms with E-state index in [4.69, 9.17) is 9.84 Å². The first-order valence-corrected chi connectivity index (χ1v) is 8.33. The molecule has 1 N–H and O–H groups in total. The van der Waals surface area contributed by atoms with Gasteiger partial charge in [0.05, 0.1) is 17.5 Å². The Morgan fingerprint density at radius 3 is 2.50 bits per heavy atom. The summed E-state index contributed by atoms with van der Waals surface area (Å²) < 4.78 is 29.1. The van der Waals surface area contributed by atoms with Crippen molar-refractivity contribution in [2.75, 3.05) is 11.5 Å². The van der Waals surface area contributed by atoms with E-state index in [1.165, 1.54) is 6.42 Å². The Bertz CT molecular complexity index is 408. The van der Waals surface area contributed by atoms with Gasteiger partial charge >= 0.3 is 5.97 Å². The summed E-state index contributed by atoms with van der Waals surface area (Å²) in [7, 11) is -3.54. The van der Waals surface area contributed by atoms with E-state index in [1.54, 1.807) is 0 Å². The van der Waals surface area contributed by atoms with Crippen LogP contribution in [0.5, 0.6) is 0 Å². The Labute approximate surface area is 107 Å². The minimum absolute atomic E-state index is 0.109. The molecule has 1 unspecified atom stereocenters. The van der Waals surface area contributed by atoms with E-state index in [1.807, 2.05) is 0 Å². The number of hydrogen-bond donors (Lipinski definition) is 1. The van der Waals surface area contributed by atoms with Crippen molar-refractivity contribution in [3.05, 3.63) is 0 Å². The van der Waals surface area contributed by atoms with Crippen LogP contribution >= 0.6 is 0 Å². The van der Waals surface area contributed by atoms with Crippen LogP contribution in [0.15, 0.2) is 0 Å². The highest BCUT2D eigenvalue weighted by atomic mass is 32.2. The van der Waals surface area contributed by atoms with Crippen LogP contribution in [0.2, 0.25) is 0 Å². The van der Waals surface area contributed by atoms with Gasteiger partial charge in [0.1, 0.15) is 5.75 Å². The summed E-state index contributed by atoms with van der Waals surface area (Å²) in [4.78, 5) is 10.5. The summed E-state index contributed by atoms with van der Waals surface area (Å²) in [6.07, 6.45) is 6.90. The van der Waals surface area contributed by atoms with Gasteiger partial charge in [-0.05, 0) is 25.7 Å². The van der Waals surface area contributed by atoms with Gasteiger partial charge in [-0.25, -0.2) is 8.42 Å². The van der Waals surface area contributed by atoms with Gasteiger partial charge in [0.15, 0.2) is 9.84 Å². The summed E-state index contributed by atoms with van der Waals surface area (Å²) >= 11 is 0. The number of carboxylic acid groups (broad SMARTS) is 1. The van der Waals surface area contributed by atoms with Crippen molar-refractivity contribution in [3.8, 4) is 0 Å². The summed E-state index contributed by atoms with van der Waals surface area (Å²) in [6.45, 7) is 0. The van der Waals surface area contributed by atoms with E-state index in [-0.39, 0.29) is 17.5 Å². The van der Waals surface area contributed by atoms with Crippen LogP contribution < -0.4 is 0 Å². The Morgan fingerprint density at radius 2 is 1.89 bits per heavy atom. The second kappa shape index (κ2) is 5.17. The molecule has 1 heterocycles. The first-order valence-electron chi connectivity index (χ1n) is 6.51. The highest BCUT2D eigenvalue weighted by Gasteiger charge is 2.42. The standard InChI is InChI=1S/C12H20O5S/c13-11(14)9-18(15,16)8-10-4-7-12(17-10)5-2-1-3-6-12/h10H,1-9H2,(H,13,14). The van der Waals surface area contributed by atoms with Gasteiger partial charge in [-0.2, -0.15) is 0 Å². The Morgan fingerprint density at radius 1 is 1.22 bits per heavy atom. The van der Waals surface area contributed by atoms with Crippen LogP contribution in [0.25, 0.3) is 0 Å². The molecule has 0 bridgehead atoms. The lowest BCUT2D eigenvalue weighted by atomic mass is 9.83. The van der Waals surface area contributed by atoms with Gasteiger partial charge in [0.25, 0.3) is 0 Å². The lowest BCUT2D eigenvalue weighted by Crippen LogP contribution is -2.34. The van der Waals surface area contributed by atoms with Crippen molar-refractivity contribution in [1.82, 2.24) is 0 Å². The highest BCUT2D eigenvalue weighted by molar-refractivity contribution is 7.92. The molecule has 1 aliphatic carbocycles. The SMILES string of the molecule is O=C(O)CS(=O)(=O)CC1CCC2(CCCCC2)O1. The normalized spacial score (nSPS) is 27.4. The lowest BCUT2D eigenvalue weighted by Gasteiger charge is -2.33. The third-order valence-electron chi connectivity index (χ3n) is 3.89. The molecular weight excluding hydrogens is 256 g/mol. The minimum Gasteiger partial charge on any atom is -0.480 e. The topological polar surface area (TPSA) is 80.7 Å². The van der Waals surface area contributed by atoms with Crippen molar-refractivity contribution >= 4 is 15.8 Å². The predicted molar refractivity (Wildman–Crippen MR) is 66.2 cm³/mol. The first-order chi connectivity index (χ1) is 8.41. The Hall–Kier alpha value is -0.620. The van der Waals surface area contributed by atoms with Gasteiger partial charge in [-0.3, -0.25) is 4.79 Å². The van der Waals surface area contributed by atoms with E-state index in [9.17, 15) is 13.2 Å². The van der Waals surface area contributed by atoms with Crippen molar-refractivity contribution in [2.45, 2.75) is 56.7 Å². The molecule has 2 rings (SSSR count). The molecule has 18 heavy (non-hydrogen) atoms. The number of carbonyl (C=O) groups is 1. The van der Waals surface area contributed by atoms with Crippen molar-refractivity contribution in [1.29, 1.82) is 0 Å². The van der Waals surface area contributed by atoms with Gasteiger partial charge in [-0.1, -0.05) is 19.3 Å². The van der Waals surface area contributed by atoms with E-state index in [0.717, 1.165) is 38.5 Å². The molecule has 1 saturated carbocycles. The number of carboxylic acids is 1. The molecule has 0 aromatic rings. The highest BCUT2D eigenvalue weighted by Crippen LogP contribution is 2.42. The van der Waals surface area contributed by atoms with Crippen molar-refractivity contribution in [3.63, 3.8) is 0 Å². The maximum absolute atomic E-state index is 11.6. The fraction of sp³-hybridized carbons (Fsp3) is 0.917. The maximum atomic E-state index is 11.6. The average Bonchev–Trinajstić information content (AvgIpc) is 2.59. The molecule has 1 atom stereocenters. The molecule has 2 aliphatic rings. The summed E-state index contributed by atoms with van der Waals surface area (Å²) in [5, 5.41) is 8.55. The van der Waals surface area contributed by atoms with Gasteiger partial charge < -0.3 is 9.84 Å². The first kappa shape index (κ1) is 13.8. The summed E-state index contributed by atoms with van der Waals surface area (Å²) in [5.74, 6) is -2.23. The Kier molecular flexibility index (Phi) is 3.96. The van der Waals surface area contributed by atoms with Crippen LogP contribution in [0, 0.1) is 0 Å². The molecule has 1 spiro atoms. The molecule has 6 heteroatoms. The minimum atomic E-state index is -3.54. The van der Waals surface area contributed by atoms with Gasteiger partial charge in [0, 0.05) is 0 Å². The number of rotatable bonds is 4. The van der Waals surface area contributed by atoms with Crippen LogP contribution in [0.1, 0.15) is 44.9 Å². The third kappa shape index (κ3) is 3.45. The molecule has 1 aliphatic heterocycles. The molecule has 2 fully saturated rings. The molecule has 5 nitrogen and oxygen atoms in total. The van der Waals surface area contributed by atoms with E-state index < -0.39 is 21.6 Å². The van der Waals surface area contributed by atoms with E-state index in [2.05, 4.69) is 0 Å². The zero-order chi connectivity index (χ0) is 13.2. The number of sulfone groups is 1. The van der Waals surface area contributed by atoms with Crippen LogP contribution in [-0.2, 0) is 19.4 Å². The fourth-order valence-corrected chi connectivity index (χ4v) is 4.40. The zero-order valence-corrected chi connectivity index (χ0v) is 11.2. The van der Waals surface area contributed by atoms with Crippen molar-refractivity contribution in [2.24, 2.45) is 0 Å². The van der Waals surface area contributed by atoms with Crippen LogP contribution in [0.3, 0.4) is 0 Å². The second-order valence-electron chi connectivity index (χ2n) is 5.47. The smallest absolute Gasteiger partial charge is 0.318 e. The van der Waals surface area contributed by atoms with Gasteiger partial charge in [0.2, 0.25) is 0 Å². The Balaban J connectivity index is 1.91. The molecule has 104 valence electrons. The molecule has 1 saturated heterocycles. The average molecular weight is 276 g/mol. The predicted octanol–water partition coefficient (Wildman–Crippen LogP) is 1.37. The molecular formula is C12H20O5S. The summed E-state index contributed by atoms with van der Waals surface area (Å²) in [6, 6.07) is 0. The quantitative estimate of drug-likeness (QED) is 0.838. The van der Waals surface area contributed by atoms with Crippen molar-refractivity contribution < 1.29 is 23.1 Å². The molecule has 0 aromatic carbocycles. The second-order valence-corrected chi connectivity index (χ2v) is 7.58. The van der Waals surface area contributed by atoms with Crippen LogP contribution in [-0.4, -0.2) is 42.7 Å². The summed E-state index contributed by atoms with van der Waals surface area (Å²) in [5.41, 5.74) is -0.109.